The molecule has 0 amide bonds. The quantitative estimate of drug-likeness (QED) is 0.837. The van der Waals surface area contributed by atoms with E-state index in [9.17, 15) is 0 Å². The van der Waals surface area contributed by atoms with Crippen molar-refractivity contribution >= 4 is 0 Å². The van der Waals surface area contributed by atoms with Crippen molar-refractivity contribution in [1.82, 2.24) is 4.90 Å². The fourth-order valence-electron chi connectivity index (χ4n) is 2.50. The monoisotopic (exact) mass is 218 g/mol. The van der Waals surface area contributed by atoms with Crippen LogP contribution in [-0.4, -0.2) is 25.0 Å². The van der Waals surface area contributed by atoms with Crippen LogP contribution < -0.4 is 5.73 Å². The molecule has 0 heterocycles. The van der Waals surface area contributed by atoms with Gasteiger partial charge in [0.25, 0.3) is 0 Å². The van der Waals surface area contributed by atoms with Gasteiger partial charge < -0.3 is 10.6 Å². The van der Waals surface area contributed by atoms with Crippen molar-refractivity contribution < 1.29 is 0 Å². The first-order chi connectivity index (χ1) is 7.79. The minimum atomic E-state index is 0.738. The Balaban J connectivity index is 2.05. The zero-order valence-electron chi connectivity index (χ0n) is 10.2. The second-order valence-corrected chi connectivity index (χ2v) is 4.84. The summed E-state index contributed by atoms with van der Waals surface area (Å²) in [6, 6.07) is 6.98. The molecule has 0 fully saturated rings. The normalized spacial score (nSPS) is 15.2. The summed E-state index contributed by atoms with van der Waals surface area (Å²) < 4.78 is 0. The molecule has 0 saturated carbocycles. The molecule has 0 atom stereocenters. The Kier molecular flexibility index (Phi) is 3.97. The van der Waals surface area contributed by atoms with Gasteiger partial charge in [0, 0.05) is 19.6 Å². The summed E-state index contributed by atoms with van der Waals surface area (Å²) in [6.07, 6.45) is 5.26. The molecule has 0 spiro atoms. The third-order valence-corrected chi connectivity index (χ3v) is 3.38. The van der Waals surface area contributed by atoms with Crippen LogP contribution in [0.5, 0.6) is 0 Å². The van der Waals surface area contributed by atoms with Crippen molar-refractivity contribution in [3.05, 3.63) is 34.9 Å². The average Bonchev–Trinajstić information content (AvgIpc) is 2.29. The lowest BCUT2D eigenvalue weighted by atomic mass is 9.90. The summed E-state index contributed by atoms with van der Waals surface area (Å²) in [4.78, 5) is 2.28. The van der Waals surface area contributed by atoms with Gasteiger partial charge >= 0.3 is 0 Å². The molecule has 0 aliphatic heterocycles. The molecule has 0 saturated heterocycles. The van der Waals surface area contributed by atoms with Gasteiger partial charge in [-0.2, -0.15) is 0 Å². The van der Waals surface area contributed by atoms with E-state index in [0.717, 1.165) is 19.6 Å². The van der Waals surface area contributed by atoms with Crippen LogP contribution in [-0.2, 0) is 19.4 Å². The van der Waals surface area contributed by atoms with E-state index in [-0.39, 0.29) is 0 Å². The van der Waals surface area contributed by atoms with Gasteiger partial charge in [0.05, 0.1) is 0 Å². The largest absolute Gasteiger partial charge is 0.329 e. The van der Waals surface area contributed by atoms with Crippen molar-refractivity contribution in [1.29, 1.82) is 0 Å². The molecule has 1 aromatic rings. The molecule has 1 aliphatic rings. The molecule has 2 nitrogen and oxygen atoms in total. The number of nitrogens with zero attached hydrogens (tertiary/aromatic N) is 1. The van der Waals surface area contributed by atoms with E-state index in [2.05, 4.69) is 30.1 Å². The number of benzene rings is 1. The molecule has 1 aliphatic carbocycles. The topological polar surface area (TPSA) is 29.3 Å². The van der Waals surface area contributed by atoms with E-state index in [4.69, 9.17) is 5.73 Å². The van der Waals surface area contributed by atoms with Gasteiger partial charge in [-0.1, -0.05) is 18.2 Å². The van der Waals surface area contributed by atoms with E-state index in [0.29, 0.717) is 0 Å². The third kappa shape index (κ3) is 2.83. The second-order valence-electron chi connectivity index (χ2n) is 4.84. The van der Waals surface area contributed by atoms with Crippen LogP contribution in [0.15, 0.2) is 18.2 Å². The van der Waals surface area contributed by atoms with Gasteiger partial charge in [-0.25, -0.2) is 0 Å². The second kappa shape index (κ2) is 5.46. The summed E-state index contributed by atoms with van der Waals surface area (Å²) in [5, 5.41) is 0. The van der Waals surface area contributed by atoms with Crippen molar-refractivity contribution in [2.75, 3.05) is 20.1 Å². The lowest BCUT2D eigenvalue weighted by Crippen LogP contribution is -2.25. The average molecular weight is 218 g/mol. The first-order valence-electron chi connectivity index (χ1n) is 6.29. The summed E-state index contributed by atoms with van der Waals surface area (Å²) in [5.41, 5.74) is 10.1. The van der Waals surface area contributed by atoms with Crippen molar-refractivity contribution in [3.8, 4) is 0 Å². The molecule has 2 rings (SSSR count). The minimum absolute atomic E-state index is 0.738. The Hall–Kier alpha value is -0.860. The highest BCUT2D eigenvalue weighted by atomic mass is 15.1. The summed E-state index contributed by atoms with van der Waals surface area (Å²) in [5.74, 6) is 0. The van der Waals surface area contributed by atoms with E-state index >= 15 is 0 Å². The highest BCUT2D eigenvalue weighted by Crippen LogP contribution is 2.22. The Bertz CT molecular complexity index is 347. The zero-order chi connectivity index (χ0) is 11.4. The van der Waals surface area contributed by atoms with Gasteiger partial charge in [-0.15, -0.1) is 0 Å². The number of fused-ring (bicyclic) bond motifs is 1. The standard InChI is InChI=1S/C14H22N2/c1-16(9-8-15)11-12-6-7-13-4-2-3-5-14(13)10-12/h6-7,10H,2-5,8-9,11,15H2,1H3. The predicted octanol–water partition coefficient (Wildman–Crippen LogP) is 1.96. The molecule has 2 N–H and O–H groups in total. The smallest absolute Gasteiger partial charge is 0.0231 e. The minimum Gasteiger partial charge on any atom is -0.329 e. The highest BCUT2D eigenvalue weighted by Gasteiger charge is 2.09. The van der Waals surface area contributed by atoms with Gasteiger partial charge in [0.15, 0.2) is 0 Å². The lowest BCUT2D eigenvalue weighted by molar-refractivity contribution is 0.336. The molecule has 0 bridgehead atoms. The maximum absolute atomic E-state index is 5.55. The SMILES string of the molecule is CN(CCN)Cc1ccc2c(c1)CCCC2. The van der Waals surface area contributed by atoms with Crippen molar-refractivity contribution in [2.24, 2.45) is 5.73 Å². The molecule has 0 unspecified atom stereocenters. The van der Waals surface area contributed by atoms with E-state index in [1.165, 1.54) is 31.2 Å². The summed E-state index contributed by atoms with van der Waals surface area (Å²) in [6.45, 7) is 2.73. The molecule has 0 aromatic heterocycles. The summed E-state index contributed by atoms with van der Waals surface area (Å²) in [7, 11) is 2.13. The highest BCUT2D eigenvalue weighted by molar-refractivity contribution is 5.33. The maximum Gasteiger partial charge on any atom is 0.0231 e. The number of aryl methyl sites for hydroxylation is 2. The molecule has 0 radical (unpaired) electrons. The molecule has 88 valence electrons. The molecular formula is C14H22N2. The van der Waals surface area contributed by atoms with Crippen LogP contribution in [0.4, 0.5) is 0 Å². The number of hydrogen-bond acceptors (Lipinski definition) is 2. The third-order valence-electron chi connectivity index (χ3n) is 3.38. The van der Waals surface area contributed by atoms with E-state index in [1.807, 2.05) is 0 Å². The van der Waals surface area contributed by atoms with Gasteiger partial charge in [0.1, 0.15) is 0 Å². The van der Waals surface area contributed by atoms with Crippen LogP contribution in [0, 0.1) is 0 Å². The number of hydrogen-bond donors (Lipinski definition) is 1. The molecule has 1 aromatic carbocycles. The zero-order valence-corrected chi connectivity index (χ0v) is 10.2. The predicted molar refractivity (Wildman–Crippen MR) is 68.5 cm³/mol. The first-order valence-corrected chi connectivity index (χ1v) is 6.29. The Morgan fingerprint density at radius 3 is 2.69 bits per heavy atom. The van der Waals surface area contributed by atoms with E-state index < -0.39 is 0 Å². The van der Waals surface area contributed by atoms with Crippen LogP contribution in [0.2, 0.25) is 0 Å². The maximum atomic E-state index is 5.55. The number of rotatable bonds is 4. The molecular weight excluding hydrogens is 196 g/mol. The van der Waals surface area contributed by atoms with Crippen molar-refractivity contribution in [3.63, 3.8) is 0 Å². The molecule has 2 heteroatoms. The summed E-state index contributed by atoms with van der Waals surface area (Å²) >= 11 is 0. The Labute approximate surface area is 98.4 Å². The van der Waals surface area contributed by atoms with Gasteiger partial charge in [-0.05, 0) is 49.4 Å². The number of likely N-dealkylation sites (N-methyl/N-ethyl adjacent to an activating group) is 1. The van der Waals surface area contributed by atoms with E-state index in [1.54, 1.807) is 11.1 Å². The Morgan fingerprint density at radius 1 is 1.19 bits per heavy atom. The van der Waals surface area contributed by atoms with Crippen LogP contribution in [0.1, 0.15) is 29.5 Å². The first kappa shape index (κ1) is 11.6. The lowest BCUT2D eigenvalue weighted by Gasteiger charge is -2.19. The van der Waals surface area contributed by atoms with Crippen molar-refractivity contribution in [2.45, 2.75) is 32.2 Å². The van der Waals surface area contributed by atoms with Crippen LogP contribution in [0.25, 0.3) is 0 Å². The number of nitrogens with two attached hydrogens (primary N) is 1. The van der Waals surface area contributed by atoms with Gasteiger partial charge in [-0.3, -0.25) is 0 Å². The molecule has 16 heavy (non-hydrogen) atoms. The fourth-order valence-corrected chi connectivity index (χ4v) is 2.50. The van der Waals surface area contributed by atoms with Crippen LogP contribution in [0.3, 0.4) is 0 Å². The van der Waals surface area contributed by atoms with Gasteiger partial charge in [0.2, 0.25) is 0 Å². The fraction of sp³-hybridized carbons (Fsp3) is 0.571. The Morgan fingerprint density at radius 2 is 1.94 bits per heavy atom. The van der Waals surface area contributed by atoms with Crippen LogP contribution >= 0.6 is 0 Å².